The summed E-state index contributed by atoms with van der Waals surface area (Å²) in [6.45, 7) is 0.625. The summed E-state index contributed by atoms with van der Waals surface area (Å²) in [6.07, 6.45) is 0. The van der Waals surface area contributed by atoms with E-state index in [1.165, 1.54) is 11.3 Å². The van der Waals surface area contributed by atoms with Crippen molar-refractivity contribution in [2.24, 2.45) is 0 Å². The van der Waals surface area contributed by atoms with Gasteiger partial charge in [-0.3, -0.25) is 4.79 Å². The van der Waals surface area contributed by atoms with E-state index in [-0.39, 0.29) is 19.1 Å². The summed E-state index contributed by atoms with van der Waals surface area (Å²) >= 11 is 7.32. The minimum absolute atomic E-state index is 0.0731. The van der Waals surface area contributed by atoms with Crippen molar-refractivity contribution < 1.29 is 14.6 Å². The SMILES string of the molecule is O=C(NCCO)c1ccc(OCc2ccc(Cl)s2)cc1. The highest BCUT2D eigenvalue weighted by Crippen LogP contribution is 2.23. The van der Waals surface area contributed by atoms with Crippen LogP contribution in [0.25, 0.3) is 0 Å². The van der Waals surface area contributed by atoms with E-state index in [1.807, 2.05) is 12.1 Å². The summed E-state index contributed by atoms with van der Waals surface area (Å²) in [5.74, 6) is 0.476. The van der Waals surface area contributed by atoms with Gasteiger partial charge in [0, 0.05) is 17.0 Å². The zero-order valence-corrected chi connectivity index (χ0v) is 12.2. The molecule has 1 aromatic carbocycles. The highest BCUT2D eigenvalue weighted by atomic mass is 35.5. The van der Waals surface area contributed by atoms with Crippen molar-refractivity contribution in [2.45, 2.75) is 6.61 Å². The molecule has 2 rings (SSSR count). The van der Waals surface area contributed by atoms with Crippen LogP contribution >= 0.6 is 22.9 Å². The molecule has 20 heavy (non-hydrogen) atoms. The van der Waals surface area contributed by atoms with Crippen LogP contribution in [0.3, 0.4) is 0 Å². The van der Waals surface area contributed by atoms with Crippen LogP contribution in [0, 0.1) is 0 Å². The summed E-state index contributed by atoms with van der Waals surface area (Å²) in [6, 6.07) is 10.6. The number of amides is 1. The predicted molar refractivity (Wildman–Crippen MR) is 79.5 cm³/mol. The van der Waals surface area contributed by atoms with Crippen molar-refractivity contribution >= 4 is 28.8 Å². The molecule has 1 aromatic heterocycles. The number of carbonyl (C=O) groups is 1. The molecule has 0 radical (unpaired) electrons. The van der Waals surface area contributed by atoms with E-state index in [1.54, 1.807) is 24.3 Å². The van der Waals surface area contributed by atoms with Crippen LogP contribution in [0.15, 0.2) is 36.4 Å². The lowest BCUT2D eigenvalue weighted by Crippen LogP contribution is -2.26. The van der Waals surface area contributed by atoms with Crippen molar-refractivity contribution in [1.82, 2.24) is 5.32 Å². The molecule has 0 atom stereocenters. The number of aliphatic hydroxyl groups is 1. The van der Waals surface area contributed by atoms with Gasteiger partial charge in [-0.2, -0.15) is 0 Å². The van der Waals surface area contributed by atoms with Crippen LogP contribution in [-0.4, -0.2) is 24.2 Å². The Balaban J connectivity index is 1.89. The van der Waals surface area contributed by atoms with Crippen molar-refractivity contribution in [1.29, 1.82) is 0 Å². The molecule has 2 aromatic rings. The third-order valence-corrected chi connectivity index (χ3v) is 3.73. The Kier molecular flexibility index (Phi) is 5.40. The molecule has 0 unspecified atom stereocenters. The number of halogens is 1. The number of thiophene rings is 1. The van der Waals surface area contributed by atoms with Crippen LogP contribution in [0.1, 0.15) is 15.2 Å². The fourth-order valence-corrected chi connectivity index (χ4v) is 2.56. The smallest absolute Gasteiger partial charge is 0.251 e. The van der Waals surface area contributed by atoms with E-state index in [2.05, 4.69) is 5.32 Å². The topological polar surface area (TPSA) is 58.6 Å². The monoisotopic (exact) mass is 311 g/mol. The molecule has 0 spiro atoms. The van der Waals surface area contributed by atoms with Gasteiger partial charge in [-0.25, -0.2) is 0 Å². The summed E-state index contributed by atoms with van der Waals surface area (Å²) < 4.78 is 6.34. The number of carbonyl (C=O) groups excluding carboxylic acids is 1. The van der Waals surface area contributed by atoms with Gasteiger partial charge >= 0.3 is 0 Å². The lowest BCUT2D eigenvalue weighted by molar-refractivity contribution is 0.0944. The molecule has 0 saturated carbocycles. The van der Waals surface area contributed by atoms with Gasteiger partial charge in [0.15, 0.2) is 0 Å². The van der Waals surface area contributed by atoms with E-state index in [4.69, 9.17) is 21.4 Å². The molecule has 6 heteroatoms. The normalized spacial score (nSPS) is 10.3. The molecule has 0 aliphatic heterocycles. The summed E-state index contributed by atoms with van der Waals surface area (Å²) in [5.41, 5.74) is 0.532. The van der Waals surface area contributed by atoms with Gasteiger partial charge in [0.2, 0.25) is 0 Å². The van der Waals surface area contributed by atoms with Gasteiger partial charge in [-0.15, -0.1) is 11.3 Å². The van der Waals surface area contributed by atoms with E-state index >= 15 is 0 Å². The lowest BCUT2D eigenvalue weighted by atomic mass is 10.2. The second kappa shape index (κ2) is 7.28. The Morgan fingerprint density at radius 2 is 2.00 bits per heavy atom. The Bertz CT molecular complexity index is 568. The molecule has 0 saturated heterocycles. The van der Waals surface area contributed by atoms with Crippen LogP contribution < -0.4 is 10.1 Å². The van der Waals surface area contributed by atoms with Gasteiger partial charge in [-0.05, 0) is 36.4 Å². The van der Waals surface area contributed by atoms with E-state index < -0.39 is 0 Å². The number of nitrogens with one attached hydrogen (secondary N) is 1. The minimum Gasteiger partial charge on any atom is -0.488 e. The highest BCUT2D eigenvalue weighted by Gasteiger charge is 2.05. The fraction of sp³-hybridized carbons (Fsp3) is 0.214. The first-order valence-corrected chi connectivity index (χ1v) is 7.24. The number of hydrogen-bond donors (Lipinski definition) is 2. The second-order valence-corrected chi connectivity index (χ2v) is 5.80. The third-order valence-electron chi connectivity index (χ3n) is 2.52. The Labute approximate surface area is 126 Å². The van der Waals surface area contributed by atoms with Gasteiger partial charge in [0.25, 0.3) is 5.91 Å². The average Bonchev–Trinajstić information content (AvgIpc) is 2.89. The number of rotatable bonds is 6. The van der Waals surface area contributed by atoms with Gasteiger partial charge in [-0.1, -0.05) is 11.6 Å². The van der Waals surface area contributed by atoms with E-state index in [0.29, 0.717) is 17.9 Å². The maximum absolute atomic E-state index is 11.6. The Morgan fingerprint density at radius 1 is 1.25 bits per heavy atom. The largest absolute Gasteiger partial charge is 0.488 e. The molecule has 0 fully saturated rings. The first-order chi connectivity index (χ1) is 9.69. The number of aliphatic hydroxyl groups excluding tert-OH is 1. The zero-order chi connectivity index (χ0) is 14.4. The molecule has 106 valence electrons. The van der Waals surface area contributed by atoms with Crippen molar-refractivity contribution in [3.63, 3.8) is 0 Å². The summed E-state index contributed by atoms with van der Waals surface area (Å²) in [5, 5.41) is 11.2. The lowest BCUT2D eigenvalue weighted by Gasteiger charge is -2.06. The fourth-order valence-electron chi connectivity index (χ4n) is 1.56. The Morgan fingerprint density at radius 3 is 2.60 bits per heavy atom. The molecule has 1 amide bonds. The first kappa shape index (κ1) is 14.8. The molecular weight excluding hydrogens is 298 g/mol. The Hall–Kier alpha value is -1.56. The van der Waals surface area contributed by atoms with Gasteiger partial charge < -0.3 is 15.2 Å². The number of ether oxygens (including phenoxy) is 1. The van der Waals surface area contributed by atoms with Crippen LogP contribution in [-0.2, 0) is 6.61 Å². The summed E-state index contributed by atoms with van der Waals surface area (Å²) in [7, 11) is 0. The van der Waals surface area contributed by atoms with Crippen LogP contribution in [0.2, 0.25) is 4.34 Å². The van der Waals surface area contributed by atoms with E-state index in [9.17, 15) is 4.79 Å². The molecule has 0 bridgehead atoms. The van der Waals surface area contributed by atoms with Crippen LogP contribution in [0.4, 0.5) is 0 Å². The average molecular weight is 312 g/mol. The molecule has 2 N–H and O–H groups in total. The van der Waals surface area contributed by atoms with Crippen molar-refractivity contribution in [3.05, 3.63) is 51.2 Å². The second-order valence-electron chi connectivity index (χ2n) is 4.00. The summed E-state index contributed by atoms with van der Waals surface area (Å²) in [4.78, 5) is 12.7. The van der Waals surface area contributed by atoms with E-state index in [0.717, 1.165) is 9.21 Å². The molecular formula is C14H14ClNO3S. The quantitative estimate of drug-likeness (QED) is 0.862. The van der Waals surface area contributed by atoms with Gasteiger partial charge in [0.1, 0.15) is 12.4 Å². The molecule has 1 heterocycles. The maximum atomic E-state index is 11.6. The molecule has 0 aliphatic carbocycles. The number of benzene rings is 1. The maximum Gasteiger partial charge on any atom is 0.251 e. The zero-order valence-electron chi connectivity index (χ0n) is 10.6. The number of hydrogen-bond acceptors (Lipinski definition) is 4. The van der Waals surface area contributed by atoms with Gasteiger partial charge in [0.05, 0.1) is 10.9 Å². The molecule has 0 aliphatic rings. The highest BCUT2D eigenvalue weighted by molar-refractivity contribution is 7.16. The van der Waals surface area contributed by atoms with Crippen molar-refractivity contribution in [3.8, 4) is 5.75 Å². The predicted octanol–water partition coefficient (Wildman–Crippen LogP) is 2.70. The third kappa shape index (κ3) is 4.23. The minimum atomic E-state index is -0.212. The molecule has 4 nitrogen and oxygen atoms in total. The standard InChI is InChI=1S/C14H14ClNO3S/c15-13-6-5-12(20-13)9-19-11-3-1-10(2-4-11)14(18)16-7-8-17/h1-6,17H,7-9H2,(H,16,18). The first-order valence-electron chi connectivity index (χ1n) is 6.05. The van der Waals surface area contributed by atoms with Crippen molar-refractivity contribution in [2.75, 3.05) is 13.2 Å². The van der Waals surface area contributed by atoms with Crippen LogP contribution in [0.5, 0.6) is 5.75 Å².